The van der Waals surface area contributed by atoms with Crippen LogP contribution in [0.25, 0.3) is 10.9 Å². The van der Waals surface area contributed by atoms with E-state index in [4.69, 9.17) is 0 Å². The lowest BCUT2D eigenvalue weighted by atomic mass is 10.0. The van der Waals surface area contributed by atoms with Gasteiger partial charge in [-0.15, -0.1) is 11.8 Å². The third kappa shape index (κ3) is 4.65. The van der Waals surface area contributed by atoms with E-state index in [1.807, 2.05) is 56.3 Å². The van der Waals surface area contributed by atoms with Gasteiger partial charge < -0.3 is 5.11 Å². The van der Waals surface area contributed by atoms with Crippen molar-refractivity contribution >= 4 is 34.3 Å². The maximum Gasteiger partial charge on any atom is 0.250 e. The second-order valence-corrected chi connectivity index (χ2v) is 7.10. The Morgan fingerprint density at radius 1 is 1.22 bits per heavy atom. The third-order valence-corrected chi connectivity index (χ3v) is 5.11. The molecule has 0 aliphatic heterocycles. The largest absolute Gasteiger partial charge is 0.507 e. The van der Waals surface area contributed by atoms with E-state index in [1.54, 1.807) is 12.3 Å². The van der Waals surface area contributed by atoms with Crippen molar-refractivity contribution < 1.29 is 9.90 Å². The quantitative estimate of drug-likeness (QED) is 0.381. The number of nitrogens with one attached hydrogen (secondary N) is 1. The van der Waals surface area contributed by atoms with Gasteiger partial charge in [0.1, 0.15) is 5.75 Å². The molecule has 0 aliphatic rings. The SMILES string of the molecule is CC/C(=N\NC(=O)CSc1cccc2cccnc12)c1cc(C)ccc1O. The van der Waals surface area contributed by atoms with E-state index < -0.39 is 0 Å². The van der Waals surface area contributed by atoms with Gasteiger partial charge in [-0.05, 0) is 37.6 Å². The van der Waals surface area contributed by atoms with Crippen LogP contribution in [0, 0.1) is 6.92 Å². The number of thioether (sulfide) groups is 1. The van der Waals surface area contributed by atoms with E-state index in [0.717, 1.165) is 21.4 Å². The molecule has 3 aromatic rings. The highest BCUT2D eigenvalue weighted by atomic mass is 32.2. The summed E-state index contributed by atoms with van der Waals surface area (Å²) in [5, 5.41) is 15.3. The molecule has 27 heavy (non-hydrogen) atoms. The lowest BCUT2D eigenvalue weighted by Gasteiger charge is -2.09. The van der Waals surface area contributed by atoms with Crippen LogP contribution in [-0.4, -0.2) is 27.5 Å². The second-order valence-electron chi connectivity index (χ2n) is 6.09. The first-order chi connectivity index (χ1) is 13.1. The van der Waals surface area contributed by atoms with Gasteiger partial charge in [0.2, 0.25) is 5.91 Å². The first kappa shape index (κ1) is 18.9. The highest BCUT2D eigenvalue weighted by molar-refractivity contribution is 8.00. The van der Waals surface area contributed by atoms with Crippen molar-refractivity contribution in [2.24, 2.45) is 5.10 Å². The minimum atomic E-state index is -0.203. The molecule has 0 bridgehead atoms. The number of aromatic hydroxyl groups is 1. The summed E-state index contributed by atoms with van der Waals surface area (Å²) >= 11 is 1.43. The number of amides is 1. The van der Waals surface area contributed by atoms with Gasteiger partial charge in [0.05, 0.1) is 17.0 Å². The topological polar surface area (TPSA) is 74.6 Å². The fraction of sp³-hybridized carbons (Fsp3) is 0.190. The van der Waals surface area contributed by atoms with Gasteiger partial charge in [0.25, 0.3) is 0 Å². The zero-order chi connectivity index (χ0) is 19.2. The number of para-hydroxylation sites is 1. The number of rotatable bonds is 6. The number of nitrogens with zero attached hydrogens (tertiary/aromatic N) is 2. The van der Waals surface area contributed by atoms with Gasteiger partial charge in [0.15, 0.2) is 0 Å². The van der Waals surface area contributed by atoms with E-state index in [1.165, 1.54) is 11.8 Å². The van der Waals surface area contributed by atoms with Crippen molar-refractivity contribution in [3.63, 3.8) is 0 Å². The molecule has 1 amide bonds. The molecular formula is C21H21N3O2S. The molecule has 0 saturated carbocycles. The number of fused-ring (bicyclic) bond motifs is 1. The number of aryl methyl sites for hydroxylation is 1. The molecule has 2 aromatic carbocycles. The molecule has 6 heteroatoms. The van der Waals surface area contributed by atoms with Crippen LogP contribution in [0.3, 0.4) is 0 Å². The second kappa shape index (κ2) is 8.68. The Hall–Kier alpha value is -2.86. The number of aromatic nitrogens is 1. The summed E-state index contributed by atoms with van der Waals surface area (Å²) in [7, 11) is 0. The van der Waals surface area contributed by atoms with E-state index in [-0.39, 0.29) is 17.4 Å². The highest BCUT2D eigenvalue weighted by Crippen LogP contribution is 2.26. The van der Waals surface area contributed by atoms with Crippen molar-refractivity contribution in [1.29, 1.82) is 0 Å². The van der Waals surface area contributed by atoms with Crippen LogP contribution in [0.1, 0.15) is 24.5 Å². The molecule has 5 nitrogen and oxygen atoms in total. The number of hydrogen-bond acceptors (Lipinski definition) is 5. The molecule has 0 atom stereocenters. The van der Waals surface area contributed by atoms with Crippen LogP contribution in [0.15, 0.2) is 64.7 Å². The Morgan fingerprint density at radius 2 is 2.04 bits per heavy atom. The lowest BCUT2D eigenvalue weighted by Crippen LogP contribution is -2.21. The molecule has 0 fully saturated rings. The van der Waals surface area contributed by atoms with Gasteiger partial charge in [0, 0.05) is 22.0 Å². The predicted molar refractivity (Wildman–Crippen MR) is 110 cm³/mol. The van der Waals surface area contributed by atoms with E-state index in [2.05, 4.69) is 15.5 Å². The highest BCUT2D eigenvalue weighted by Gasteiger charge is 2.10. The monoisotopic (exact) mass is 379 g/mol. The minimum Gasteiger partial charge on any atom is -0.507 e. The number of pyridine rings is 1. The molecule has 0 spiro atoms. The smallest absolute Gasteiger partial charge is 0.250 e. The molecule has 1 aromatic heterocycles. The van der Waals surface area contributed by atoms with Crippen molar-refractivity contribution in [2.75, 3.05) is 5.75 Å². The molecule has 138 valence electrons. The maximum atomic E-state index is 12.2. The summed E-state index contributed by atoms with van der Waals surface area (Å²) in [4.78, 5) is 17.6. The minimum absolute atomic E-state index is 0.159. The van der Waals surface area contributed by atoms with E-state index in [9.17, 15) is 9.90 Å². The van der Waals surface area contributed by atoms with Crippen LogP contribution in [0.5, 0.6) is 5.75 Å². The van der Waals surface area contributed by atoms with Crippen LogP contribution in [0.2, 0.25) is 0 Å². The van der Waals surface area contributed by atoms with Crippen LogP contribution >= 0.6 is 11.8 Å². The first-order valence-corrected chi connectivity index (χ1v) is 9.69. The lowest BCUT2D eigenvalue weighted by molar-refractivity contribution is -0.118. The van der Waals surface area contributed by atoms with Crippen molar-refractivity contribution in [1.82, 2.24) is 10.4 Å². The van der Waals surface area contributed by atoms with E-state index in [0.29, 0.717) is 17.7 Å². The summed E-state index contributed by atoms with van der Waals surface area (Å²) in [5.41, 5.74) is 5.79. The standard InChI is InChI=1S/C21H21N3O2S/c1-3-17(16-12-14(2)9-10-18(16)25)23-24-20(26)13-27-19-8-4-6-15-7-5-11-22-21(15)19/h4-12,25H,3,13H2,1-2H3,(H,24,26)/b23-17+. The number of hydrogen-bond donors (Lipinski definition) is 2. The average Bonchev–Trinajstić information content (AvgIpc) is 2.69. The number of carbonyl (C=O) groups is 1. The number of phenols is 1. The van der Waals surface area contributed by atoms with Gasteiger partial charge in [-0.25, -0.2) is 5.43 Å². The predicted octanol–water partition coefficient (Wildman–Crippen LogP) is 4.27. The van der Waals surface area contributed by atoms with Gasteiger partial charge in [-0.2, -0.15) is 5.10 Å². The fourth-order valence-corrected chi connectivity index (χ4v) is 3.54. The summed E-state index contributed by atoms with van der Waals surface area (Å²) in [6.45, 7) is 3.88. The molecule has 1 heterocycles. The van der Waals surface area contributed by atoms with Crippen LogP contribution < -0.4 is 5.43 Å². The van der Waals surface area contributed by atoms with E-state index >= 15 is 0 Å². The Morgan fingerprint density at radius 3 is 2.85 bits per heavy atom. The Kier molecular flexibility index (Phi) is 6.08. The maximum absolute atomic E-state index is 12.2. The van der Waals surface area contributed by atoms with Crippen molar-refractivity contribution in [3.8, 4) is 5.75 Å². The van der Waals surface area contributed by atoms with Crippen LogP contribution in [0.4, 0.5) is 0 Å². The Balaban J connectivity index is 1.68. The van der Waals surface area contributed by atoms with Gasteiger partial charge in [-0.1, -0.05) is 36.8 Å². The zero-order valence-corrected chi connectivity index (χ0v) is 16.1. The van der Waals surface area contributed by atoms with Gasteiger partial charge >= 0.3 is 0 Å². The molecule has 0 saturated heterocycles. The molecule has 0 radical (unpaired) electrons. The number of phenolic OH excluding ortho intramolecular Hbond substituents is 1. The average molecular weight is 379 g/mol. The summed E-state index contributed by atoms with van der Waals surface area (Å²) in [6.07, 6.45) is 2.34. The summed E-state index contributed by atoms with van der Waals surface area (Å²) < 4.78 is 0. The number of hydrazone groups is 1. The zero-order valence-electron chi connectivity index (χ0n) is 15.3. The Bertz CT molecular complexity index is 996. The van der Waals surface area contributed by atoms with Crippen molar-refractivity contribution in [2.45, 2.75) is 25.2 Å². The third-order valence-electron chi connectivity index (χ3n) is 4.07. The molecule has 2 N–H and O–H groups in total. The Labute approximate surface area is 162 Å². The first-order valence-electron chi connectivity index (χ1n) is 8.70. The number of carbonyl (C=O) groups excluding carboxylic acids is 1. The van der Waals surface area contributed by atoms with Crippen molar-refractivity contribution in [3.05, 3.63) is 65.9 Å². The molecule has 0 unspecified atom stereocenters. The normalized spacial score (nSPS) is 11.6. The van der Waals surface area contributed by atoms with Crippen LogP contribution in [-0.2, 0) is 4.79 Å². The molecule has 0 aliphatic carbocycles. The van der Waals surface area contributed by atoms with Gasteiger partial charge in [-0.3, -0.25) is 9.78 Å². The molecule has 3 rings (SSSR count). The fourth-order valence-electron chi connectivity index (χ4n) is 2.71. The summed E-state index contributed by atoms with van der Waals surface area (Å²) in [6, 6.07) is 15.1. The summed E-state index contributed by atoms with van der Waals surface area (Å²) in [5.74, 6) is 0.188. The molecular weight excluding hydrogens is 358 g/mol. The number of benzene rings is 2.